The molecular weight excluding hydrogens is 260 g/mol. The summed E-state index contributed by atoms with van der Waals surface area (Å²) in [5.74, 6) is -0.999. The molecule has 1 unspecified atom stereocenters. The third kappa shape index (κ3) is 3.14. The van der Waals surface area contributed by atoms with E-state index in [1.807, 2.05) is 25.1 Å². The van der Waals surface area contributed by atoms with Crippen LogP contribution in [0.1, 0.15) is 22.7 Å². The number of nitrogens with two attached hydrogens (primary N) is 1. The molecule has 1 atom stereocenters. The molecule has 106 valence electrons. The first-order valence-electron chi connectivity index (χ1n) is 6.35. The van der Waals surface area contributed by atoms with E-state index in [1.54, 1.807) is 13.2 Å². The van der Waals surface area contributed by atoms with Crippen molar-refractivity contribution in [2.75, 3.05) is 7.11 Å². The Hall–Kier alpha value is -1.94. The lowest BCUT2D eigenvalue weighted by Gasteiger charge is -2.16. The summed E-state index contributed by atoms with van der Waals surface area (Å²) < 4.78 is 31.4. The van der Waals surface area contributed by atoms with E-state index in [-0.39, 0.29) is 6.04 Å². The summed E-state index contributed by atoms with van der Waals surface area (Å²) in [5, 5.41) is 0. The zero-order chi connectivity index (χ0) is 14.7. The first-order valence-corrected chi connectivity index (χ1v) is 6.35. The van der Waals surface area contributed by atoms with Crippen molar-refractivity contribution < 1.29 is 13.5 Å². The molecular formula is C16H17F2NO. The van der Waals surface area contributed by atoms with Gasteiger partial charge in [-0.1, -0.05) is 18.2 Å². The fraction of sp³-hybridized carbons (Fsp3) is 0.250. The van der Waals surface area contributed by atoms with Gasteiger partial charge in [0.25, 0.3) is 0 Å². The van der Waals surface area contributed by atoms with Gasteiger partial charge in [-0.25, -0.2) is 8.78 Å². The number of benzene rings is 2. The van der Waals surface area contributed by atoms with Crippen LogP contribution in [0.3, 0.4) is 0 Å². The molecule has 0 aliphatic rings. The van der Waals surface area contributed by atoms with Crippen LogP contribution in [0.25, 0.3) is 0 Å². The second kappa shape index (κ2) is 6.01. The number of ether oxygens (including phenoxy) is 1. The Morgan fingerprint density at radius 3 is 2.50 bits per heavy atom. The summed E-state index contributed by atoms with van der Waals surface area (Å²) in [4.78, 5) is 0. The third-order valence-electron chi connectivity index (χ3n) is 3.23. The highest BCUT2D eigenvalue weighted by molar-refractivity contribution is 5.40. The number of methoxy groups -OCH3 is 1. The Labute approximate surface area is 117 Å². The maximum absolute atomic E-state index is 13.2. The minimum absolute atomic E-state index is 0.338. The molecule has 0 amide bonds. The van der Waals surface area contributed by atoms with E-state index in [9.17, 15) is 8.78 Å². The van der Waals surface area contributed by atoms with Crippen LogP contribution in [0, 0.1) is 18.6 Å². The number of hydrogen-bond donors (Lipinski definition) is 1. The molecule has 0 aliphatic heterocycles. The molecule has 0 saturated heterocycles. The van der Waals surface area contributed by atoms with Crippen molar-refractivity contribution in [3.05, 3.63) is 64.7 Å². The molecule has 0 bridgehead atoms. The van der Waals surface area contributed by atoms with Crippen LogP contribution in [-0.4, -0.2) is 7.11 Å². The second-order valence-corrected chi connectivity index (χ2v) is 4.80. The summed E-state index contributed by atoms with van der Waals surface area (Å²) in [6, 6.07) is 9.25. The average molecular weight is 277 g/mol. The van der Waals surface area contributed by atoms with E-state index < -0.39 is 11.6 Å². The largest absolute Gasteiger partial charge is 0.496 e. The lowest BCUT2D eigenvalue weighted by molar-refractivity contribution is 0.405. The van der Waals surface area contributed by atoms with Gasteiger partial charge < -0.3 is 10.5 Å². The Kier molecular flexibility index (Phi) is 4.35. The van der Waals surface area contributed by atoms with Crippen molar-refractivity contribution in [1.82, 2.24) is 0 Å². The maximum Gasteiger partial charge on any atom is 0.159 e. The average Bonchev–Trinajstić information content (AvgIpc) is 2.42. The number of rotatable bonds is 4. The Bertz CT molecular complexity index is 613. The SMILES string of the molecule is COc1cc(C)ccc1C(N)Cc1ccc(F)c(F)c1. The van der Waals surface area contributed by atoms with Crippen LogP contribution >= 0.6 is 0 Å². The summed E-state index contributed by atoms with van der Waals surface area (Å²) in [7, 11) is 1.59. The van der Waals surface area contributed by atoms with Crippen LogP contribution in [-0.2, 0) is 6.42 Å². The molecule has 2 aromatic rings. The molecule has 4 heteroatoms. The molecule has 0 fully saturated rings. The van der Waals surface area contributed by atoms with Crippen molar-refractivity contribution in [3.63, 3.8) is 0 Å². The van der Waals surface area contributed by atoms with E-state index >= 15 is 0 Å². The minimum Gasteiger partial charge on any atom is -0.496 e. The number of hydrogen-bond acceptors (Lipinski definition) is 2. The number of aryl methyl sites for hydroxylation is 1. The fourth-order valence-corrected chi connectivity index (χ4v) is 2.16. The first-order chi connectivity index (χ1) is 9.51. The lowest BCUT2D eigenvalue weighted by atomic mass is 9.98. The highest BCUT2D eigenvalue weighted by Gasteiger charge is 2.14. The molecule has 2 rings (SSSR count). The highest BCUT2D eigenvalue weighted by atomic mass is 19.2. The number of halogens is 2. The normalized spacial score (nSPS) is 12.2. The van der Waals surface area contributed by atoms with E-state index in [0.717, 1.165) is 17.2 Å². The van der Waals surface area contributed by atoms with Gasteiger partial charge in [0.05, 0.1) is 7.11 Å². The second-order valence-electron chi connectivity index (χ2n) is 4.80. The molecule has 2 aromatic carbocycles. The van der Waals surface area contributed by atoms with Gasteiger partial charge in [0.1, 0.15) is 5.75 Å². The summed E-state index contributed by atoms with van der Waals surface area (Å²) in [6.07, 6.45) is 0.413. The van der Waals surface area contributed by atoms with Crippen LogP contribution in [0.4, 0.5) is 8.78 Å². The van der Waals surface area contributed by atoms with E-state index in [4.69, 9.17) is 10.5 Å². The van der Waals surface area contributed by atoms with Crippen molar-refractivity contribution in [1.29, 1.82) is 0 Å². The molecule has 0 heterocycles. The zero-order valence-electron chi connectivity index (χ0n) is 11.5. The Balaban J connectivity index is 2.23. The van der Waals surface area contributed by atoms with Gasteiger partial charge in [-0.3, -0.25) is 0 Å². The van der Waals surface area contributed by atoms with Gasteiger partial charge in [0.15, 0.2) is 11.6 Å². The maximum atomic E-state index is 13.2. The van der Waals surface area contributed by atoms with E-state index in [2.05, 4.69) is 0 Å². The van der Waals surface area contributed by atoms with Crippen LogP contribution in [0.2, 0.25) is 0 Å². The first kappa shape index (κ1) is 14.5. The smallest absolute Gasteiger partial charge is 0.159 e. The Morgan fingerprint density at radius 2 is 1.85 bits per heavy atom. The third-order valence-corrected chi connectivity index (χ3v) is 3.23. The van der Waals surface area contributed by atoms with Gasteiger partial charge >= 0.3 is 0 Å². The van der Waals surface area contributed by atoms with E-state index in [1.165, 1.54) is 6.07 Å². The van der Waals surface area contributed by atoms with Gasteiger partial charge in [-0.05, 0) is 42.7 Å². The zero-order valence-corrected chi connectivity index (χ0v) is 11.5. The quantitative estimate of drug-likeness (QED) is 0.928. The van der Waals surface area contributed by atoms with Crippen molar-refractivity contribution in [2.45, 2.75) is 19.4 Å². The molecule has 2 nitrogen and oxygen atoms in total. The van der Waals surface area contributed by atoms with Gasteiger partial charge in [0, 0.05) is 11.6 Å². The van der Waals surface area contributed by atoms with Crippen molar-refractivity contribution in [3.8, 4) is 5.75 Å². The van der Waals surface area contributed by atoms with Gasteiger partial charge in [-0.15, -0.1) is 0 Å². The predicted octanol–water partition coefficient (Wildman–Crippen LogP) is 3.52. The summed E-state index contributed by atoms with van der Waals surface area (Å²) in [5.41, 5.74) is 8.72. The van der Waals surface area contributed by atoms with Crippen LogP contribution in [0.15, 0.2) is 36.4 Å². The van der Waals surface area contributed by atoms with E-state index in [0.29, 0.717) is 17.7 Å². The molecule has 20 heavy (non-hydrogen) atoms. The minimum atomic E-state index is -0.856. The van der Waals surface area contributed by atoms with Crippen molar-refractivity contribution in [2.24, 2.45) is 5.73 Å². The highest BCUT2D eigenvalue weighted by Crippen LogP contribution is 2.27. The topological polar surface area (TPSA) is 35.2 Å². The molecule has 0 radical (unpaired) electrons. The molecule has 0 spiro atoms. The Morgan fingerprint density at radius 1 is 1.10 bits per heavy atom. The van der Waals surface area contributed by atoms with Crippen LogP contribution in [0.5, 0.6) is 5.75 Å². The van der Waals surface area contributed by atoms with Crippen molar-refractivity contribution >= 4 is 0 Å². The molecule has 0 saturated carbocycles. The molecule has 0 aliphatic carbocycles. The summed E-state index contributed by atoms with van der Waals surface area (Å²) in [6.45, 7) is 1.97. The van der Waals surface area contributed by atoms with Gasteiger partial charge in [-0.2, -0.15) is 0 Å². The standard InChI is InChI=1S/C16H17F2NO/c1-10-3-5-12(16(7-10)20-2)15(19)9-11-4-6-13(17)14(18)8-11/h3-8,15H,9,19H2,1-2H3. The summed E-state index contributed by atoms with van der Waals surface area (Å²) >= 11 is 0. The lowest BCUT2D eigenvalue weighted by Crippen LogP contribution is -2.14. The van der Waals surface area contributed by atoms with Crippen LogP contribution < -0.4 is 10.5 Å². The predicted molar refractivity (Wildman–Crippen MR) is 74.7 cm³/mol. The fourth-order valence-electron chi connectivity index (χ4n) is 2.16. The van der Waals surface area contributed by atoms with Gasteiger partial charge in [0.2, 0.25) is 0 Å². The molecule has 0 aromatic heterocycles. The monoisotopic (exact) mass is 277 g/mol. The molecule has 2 N–H and O–H groups in total.